The third kappa shape index (κ3) is 3.37. The number of thioether (sulfide) groups is 1. The number of morpholine rings is 1. The van der Waals surface area contributed by atoms with Gasteiger partial charge >= 0.3 is 5.97 Å². The molecule has 2 aliphatic heterocycles. The molecule has 0 unspecified atom stereocenters. The van der Waals surface area contributed by atoms with Crippen LogP contribution in [0.5, 0.6) is 0 Å². The predicted molar refractivity (Wildman–Crippen MR) is 95.3 cm³/mol. The summed E-state index contributed by atoms with van der Waals surface area (Å²) in [4.78, 5) is 16.5. The monoisotopic (exact) mass is 398 g/mol. The molecule has 0 amide bonds. The van der Waals surface area contributed by atoms with Crippen molar-refractivity contribution in [1.29, 1.82) is 0 Å². The van der Waals surface area contributed by atoms with E-state index in [1.807, 2.05) is 0 Å². The van der Waals surface area contributed by atoms with Crippen LogP contribution in [0.2, 0.25) is 0 Å². The summed E-state index contributed by atoms with van der Waals surface area (Å²) in [5.41, 5.74) is -0.214. The summed E-state index contributed by atoms with van der Waals surface area (Å²) in [5, 5.41) is 0.733. The van der Waals surface area contributed by atoms with Gasteiger partial charge in [0.15, 0.2) is 0 Å². The molecule has 1 aromatic heterocycles. The van der Waals surface area contributed by atoms with E-state index in [9.17, 15) is 13.2 Å². The van der Waals surface area contributed by atoms with Crippen LogP contribution in [-0.2, 0) is 24.3 Å². The Labute approximate surface area is 157 Å². The summed E-state index contributed by atoms with van der Waals surface area (Å²) in [7, 11) is -3.52. The van der Waals surface area contributed by atoms with Crippen molar-refractivity contribution in [3.8, 4) is 0 Å². The fourth-order valence-corrected chi connectivity index (χ4v) is 5.85. The molecule has 7 nitrogen and oxygen atoms in total. The highest BCUT2D eigenvalue weighted by Crippen LogP contribution is 2.50. The van der Waals surface area contributed by atoms with Gasteiger partial charge < -0.3 is 9.47 Å². The van der Waals surface area contributed by atoms with E-state index >= 15 is 0 Å². The first-order chi connectivity index (χ1) is 12.5. The van der Waals surface area contributed by atoms with Crippen LogP contribution in [0.3, 0.4) is 0 Å². The molecule has 4 rings (SSSR count). The van der Waals surface area contributed by atoms with Gasteiger partial charge in [0, 0.05) is 31.5 Å². The number of esters is 1. The first kappa shape index (κ1) is 18.2. The van der Waals surface area contributed by atoms with E-state index in [1.165, 1.54) is 22.3 Å². The molecule has 1 aliphatic carbocycles. The standard InChI is InChI=1S/C17H22N2O5S2/c20-16-17(4-1-5-17)10-13(24-16)12-25-15-3-2-14(11-18-15)26(21,22)19-6-8-23-9-7-19/h2-3,11,13H,1,4-10,12H2/t13-/m0/s1. The normalized spacial score (nSPS) is 25.8. The Kier molecular flexibility index (Phi) is 4.98. The summed E-state index contributed by atoms with van der Waals surface area (Å²) in [5.74, 6) is 0.602. The molecule has 1 aromatic rings. The third-order valence-electron chi connectivity index (χ3n) is 5.37. The van der Waals surface area contributed by atoms with Gasteiger partial charge in [-0.25, -0.2) is 13.4 Å². The highest BCUT2D eigenvalue weighted by Gasteiger charge is 2.52. The van der Waals surface area contributed by atoms with Gasteiger partial charge in [0.2, 0.25) is 10.0 Å². The van der Waals surface area contributed by atoms with Crippen molar-refractivity contribution in [2.75, 3.05) is 32.1 Å². The quantitative estimate of drug-likeness (QED) is 0.551. The van der Waals surface area contributed by atoms with Crippen molar-refractivity contribution < 1.29 is 22.7 Å². The summed E-state index contributed by atoms with van der Waals surface area (Å²) < 4.78 is 37.3. The number of hydrogen-bond acceptors (Lipinski definition) is 7. The predicted octanol–water partition coefficient (Wildman–Crippen LogP) is 1.68. The van der Waals surface area contributed by atoms with Gasteiger partial charge in [0.05, 0.1) is 23.7 Å². The van der Waals surface area contributed by atoms with Crippen LogP contribution < -0.4 is 0 Å². The van der Waals surface area contributed by atoms with Crippen LogP contribution in [-0.4, -0.2) is 61.8 Å². The first-order valence-electron chi connectivity index (χ1n) is 8.87. The summed E-state index contributed by atoms with van der Waals surface area (Å²) >= 11 is 1.49. The van der Waals surface area contributed by atoms with Gasteiger partial charge in [-0.05, 0) is 25.0 Å². The zero-order valence-electron chi connectivity index (χ0n) is 14.4. The Balaban J connectivity index is 1.35. The number of aromatic nitrogens is 1. The fourth-order valence-electron chi connectivity index (χ4n) is 3.66. The molecular formula is C17H22N2O5S2. The van der Waals surface area contributed by atoms with Crippen molar-refractivity contribution in [2.45, 2.75) is 41.7 Å². The van der Waals surface area contributed by atoms with E-state index in [2.05, 4.69) is 4.98 Å². The molecule has 1 atom stereocenters. The number of pyridine rings is 1. The largest absolute Gasteiger partial charge is 0.461 e. The van der Waals surface area contributed by atoms with Crippen molar-refractivity contribution in [3.05, 3.63) is 18.3 Å². The lowest BCUT2D eigenvalue weighted by Crippen LogP contribution is -2.40. The lowest BCUT2D eigenvalue weighted by molar-refractivity contribution is -0.151. The summed E-state index contributed by atoms with van der Waals surface area (Å²) in [6, 6.07) is 3.31. The fraction of sp³-hybridized carbons (Fsp3) is 0.647. The molecule has 2 saturated heterocycles. The molecular weight excluding hydrogens is 376 g/mol. The molecule has 3 heterocycles. The van der Waals surface area contributed by atoms with E-state index in [1.54, 1.807) is 12.1 Å². The van der Waals surface area contributed by atoms with Crippen molar-refractivity contribution >= 4 is 27.8 Å². The Morgan fingerprint density at radius 3 is 2.62 bits per heavy atom. The van der Waals surface area contributed by atoms with Crippen molar-refractivity contribution in [1.82, 2.24) is 9.29 Å². The van der Waals surface area contributed by atoms with Crippen LogP contribution in [0.1, 0.15) is 25.7 Å². The lowest BCUT2D eigenvalue weighted by atomic mass is 9.67. The van der Waals surface area contributed by atoms with Gasteiger partial charge in [-0.15, -0.1) is 11.8 Å². The molecule has 0 radical (unpaired) electrons. The maximum absolute atomic E-state index is 12.6. The van der Waals surface area contributed by atoms with E-state index in [0.29, 0.717) is 32.1 Å². The lowest BCUT2D eigenvalue weighted by Gasteiger charge is -2.33. The average Bonchev–Trinajstić information content (AvgIpc) is 2.98. The topological polar surface area (TPSA) is 85.8 Å². The summed E-state index contributed by atoms with van der Waals surface area (Å²) in [6.45, 7) is 1.58. The number of hydrogen-bond donors (Lipinski definition) is 0. The van der Waals surface area contributed by atoms with E-state index < -0.39 is 10.0 Å². The zero-order chi connectivity index (χ0) is 18.2. The van der Waals surface area contributed by atoms with E-state index in [-0.39, 0.29) is 22.4 Å². The Bertz CT molecular complexity index is 771. The van der Waals surface area contributed by atoms with Gasteiger partial charge in [-0.2, -0.15) is 4.31 Å². The Morgan fingerprint density at radius 2 is 2.04 bits per heavy atom. The highest BCUT2D eigenvalue weighted by atomic mass is 32.2. The molecule has 1 spiro atoms. The third-order valence-corrected chi connectivity index (χ3v) is 8.33. The SMILES string of the molecule is O=C1O[C@H](CSc2ccc(S(=O)(=O)N3CCOCC3)cn2)CC12CCC2. The van der Waals surface area contributed by atoms with Gasteiger partial charge in [0.25, 0.3) is 0 Å². The van der Waals surface area contributed by atoms with Crippen LogP contribution >= 0.6 is 11.8 Å². The minimum absolute atomic E-state index is 0.0470. The maximum Gasteiger partial charge on any atom is 0.312 e. The van der Waals surface area contributed by atoms with Crippen molar-refractivity contribution in [3.63, 3.8) is 0 Å². The molecule has 0 bridgehead atoms. The molecule has 3 aliphatic rings. The van der Waals surface area contributed by atoms with Crippen LogP contribution in [0.15, 0.2) is 28.3 Å². The number of carbonyl (C=O) groups is 1. The minimum Gasteiger partial charge on any atom is -0.461 e. The second kappa shape index (κ2) is 7.10. The van der Waals surface area contributed by atoms with Gasteiger partial charge in [-0.1, -0.05) is 6.42 Å². The van der Waals surface area contributed by atoms with Gasteiger partial charge in [-0.3, -0.25) is 4.79 Å². The molecule has 9 heteroatoms. The van der Waals surface area contributed by atoms with E-state index in [0.717, 1.165) is 30.7 Å². The molecule has 0 N–H and O–H groups in total. The number of cyclic esters (lactones) is 1. The average molecular weight is 399 g/mol. The smallest absolute Gasteiger partial charge is 0.312 e. The molecule has 142 valence electrons. The molecule has 26 heavy (non-hydrogen) atoms. The van der Waals surface area contributed by atoms with Gasteiger partial charge in [0.1, 0.15) is 11.0 Å². The minimum atomic E-state index is -3.52. The molecule has 1 saturated carbocycles. The van der Waals surface area contributed by atoms with Crippen LogP contribution in [0.4, 0.5) is 0 Å². The number of carbonyl (C=O) groups excluding carboxylic acids is 1. The number of ether oxygens (including phenoxy) is 2. The Hall–Kier alpha value is -1.16. The second-order valence-electron chi connectivity index (χ2n) is 7.02. The number of rotatable bonds is 5. The number of sulfonamides is 1. The Morgan fingerprint density at radius 1 is 1.27 bits per heavy atom. The summed E-state index contributed by atoms with van der Waals surface area (Å²) in [6.07, 6.45) is 5.11. The number of nitrogens with zero attached hydrogens (tertiary/aromatic N) is 2. The maximum atomic E-state index is 12.6. The van der Waals surface area contributed by atoms with Crippen LogP contribution in [0.25, 0.3) is 0 Å². The first-order valence-corrected chi connectivity index (χ1v) is 11.3. The second-order valence-corrected chi connectivity index (χ2v) is 10.0. The van der Waals surface area contributed by atoms with Crippen LogP contribution in [0, 0.1) is 5.41 Å². The zero-order valence-corrected chi connectivity index (χ0v) is 16.1. The highest BCUT2D eigenvalue weighted by molar-refractivity contribution is 7.99. The molecule has 0 aromatic carbocycles. The molecule has 3 fully saturated rings. The van der Waals surface area contributed by atoms with E-state index in [4.69, 9.17) is 9.47 Å². The van der Waals surface area contributed by atoms with Crippen molar-refractivity contribution in [2.24, 2.45) is 5.41 Å².